The van der Waals surface area contributed by atoms with Crippen LogP contribution < -0.4 is 0 Å². The van der Waals surface area contributed by atoms with Gasteiger partial charge in [0.25, 0.3) is 0 Å². The fourth-order valence-corrected chi connectivity index (χ4v) is 1.53. The normalized spacial score (nSPS) is 13.1. The average Bonchev–Trinajstić information content (AvgIpc) is 2.67. The quantitative estimate of drug-likeness (QED) is 0.267. The minimum absolute atomic E-state index is 0.177. The van der Waals surface area contributed by atoms with E-state index >= 15 is 0 Å². The van der Waals surface area contributed by atoms with Gasteiger partial charge >= 0.3 is 24.1 Å². The van der Waals surface area contributed by atoms with E-state index < -0.39 is 48.4 Å². The van der Waals surface area contributed by atoms with Gasteiger partial charge in [-0.1, -0.05) is 27.7 Å². The lowest BCUT2D eigenvalue weighted by molar-refractivity contribution is -0.191. The number of hydrogen-bond acceptors (Lipinski definition) is 7. The second kappa shape index (κ2) is 13.5. The van der Waals surface area contributed by atoms with Crippen LogP contribution in [-0.4, -0.2) is 50.7 Å². The Labute approximate surface area is 182 Å². The topological polar surface area (TPSA) is 88.1 Å². The Morgan fingerprint density at radius 1 is 0.839 bits per heavy atom. The predicted molar refractivity (Wildman–Crippen MR) is 108 cm³/mol. The van der Waals surface area contributed by atoms with E-state index in [1.54, 1.807) is 27.9 Å². The maximum Gasteiger partial charge on any atom is 0.422 e. The number of methoxy groups -OCH3 is 1. The summed E-state index contributed by atoms with van der Waals surface area (Å²) in [6, 6.07) is 0. The van der Waals surface area contributed by atoms with Crippen molar-refractivity contribution in [2.24, 2.45) is 16.7 Å². The third-order valence-corrected chi connectivity index (χ3v) is 4.59. The Bertz CT molecular complexity index is 570. The Morgan fingerprint density at radius 2 is 1.29 bits per heavy atom. The molecule has 0 saturated heterocycles. The monoisotopic (exact) mass is 458 g/mol. The van der Waals surface area contributed by atoms with Crippen LogP contribution in [0.1, 0.15) is 68.2 Å². The molecule has 0 radical (unpaired) electrons. The highest BCUT2D eigenvalue weighted by atomic mass is 19.4. The molecule has 0 spiro atoms. The van der Waals surface area contributed by atoms with Crippen molar-refractivity contribution < 1.29 is 46.5 Å². The molecule has 0 N–H and O–H groups in total. The first-order chi connectivity index (χ1) is 13.9. The number of esters is 3. The maximum atomic E-state index is 11.7. The van der Waals surface area contributed by atoms with Crippen molar-refractivity contribution in [1.82, 2.24) is 0 Å². The summed E-state index contributed by atoms with van der Waals surface area (Å²) in [6.45, 7) is 12.1. The Hall–Kier alpha value is -1.84. The summed E-state index contributed by atoms with van der Waals surface area (Å²) in [5, 5.41) is 0. The summed E-state index contributed by atoms with van der Waals surface area (Å²) >= 11 is 0. The van der Waals surface area contributed by atoms with Crippen LogP contribution in [0.5, 0.6) is 0 Å². The molecule has 0 aromatic heterocycles. The fraction of sp³-hybridized carbons (Fsp3) is 0.857. The molecule has 0 heterocycles. The molecule has 0 aliphatic heterocycles. The number of rotatable bonds is 10. The molecule has 10 heteroatoms. The standard InChI is InChI=1S/C11H22O3.C10H15F3O4/c1-7-11(4,5)10(12)14-9(13-6)8(2)3;1-4-9(2,3)8(15)16-5-7(14)17-6-10(11,12)13/h8-9H,7H2,1-6H3;4-6H2,1-3H3. The molecule has 0 aromatic carbocycles. The third kappa shape index (κ3) is 14.0. The van der Waals surface area contributed by atoms with E-state index in [0.717, 1.165) is 6.42 Å². The van der Waals surface area contributed by atoms with Gasteiger partial charge in [-0.05, 0) is 40.5 Å². The molecule has 7 nitrogen and oxygen atoms in total. The van der Waals surface area contributed by atoms with Crippen molar-refractivity contribution in [3.05, 3.63) is 0 Å². The lowest BCUT2D eigenvalue weighted by atomic mass is 9.90. The van der Waals surface area contributed by atoms with Crippen molar-refractivity contribution in [2.45, 2.75) is 80.7 Å². The minimum atomic E-state index is -4.58. The Balaban J connectivity index is 0. The van der Waals surface area contributed by atoms with Crippen LogP contribution in [0.15, 0.2) is 0 Å². The lowest BCUT2D eigenvalue weighted by Gasteiger charge is -2.26. The molecule has 0 fully saturated rings. The largest absolute Gasteiger partial charge is 0.454 e. The molecule has 1 unspecified atom stereocenters. The molecule has 0 bridgehead atoms. The molecule has 184 valence electrons. The van der Waals surface area contributed by atoms with Crippen molar-refractivity contribution in [1.29, 1.82) is 0 Å². The third-order valence-electron chi connectivity index (χ3n) is 4.59. The highest BCUT2D eigenvalue weighted by molar-refractivity contribution is 5.79. The van der Waals surface area contributed by atoms with Gasteiger partial charge in [0.05, 0.1) is 10.8 Å². The van der Waals surface area contributed by atoms with E-state index in [0.29, 0.717) is 6.42 Å². The van der Waals surface area contributed by atoms with Crippen LogP contribution in [0.2, 0.25) is 0 Å². The number of carbonyl (C=O) groups excluding carboxylic acids is 3. The van der Waals surface area contributed by atoms with Crippen molar-refractivity contribution in [2.75, 3.05) is 20.3 Å². The van der Waals surface area contributed by atoms with Crippen molar-refractivity contribution in [3.63, 3.8) is 0 Å². The Morgan fingerprint density at radius 3 is 1.65 bits per heavy atom. The highest BCUT2D eigenvalue weighted by Crippen LogP contribution is 2.24. The van der Waals surface area contributed by atoms with Crippen LogP contribution >= 0.6 is 0 Å². The molecular formula is C21H37F3O7. The highest BCUT2D eigenvalue weighted by Gasteiger charge is 2.32. The van der Waals surface area contributed by atoms with Crippen LogP contribution in [-0.2, 0) is 33.3 Å². The van der Waals surface area contributed by atoms with Crippen LogP contribution in [0.25, 0.3) is 0 Å². The molecule has 0 aromatic rings. The van der Waals surface area contributed by atoms with Gasteiger partial charge in [-0.3, -0.25) is 9.59 Å². The SMILES string of the molecule is CCC(C)(C)C(=O)OC(OC)C(C)C.CCC(C)(C)C(=O)OCC(=O)OCC(F)(F)F. The summed E-state index contributed by atoms with van der Waals surface area (Å²) < 4.78 is 53.8. The maximum absolute atomic E-state index is 11.7. The number of ether oxygens (including phenoxy) is 4. The lowest BCUT2D eigenvalue weighted by Crippen LogP contribution is -2.33. The minimum Gasteiger partial charge on any atom is -0.454 e. The van der Waals surface area contributed by atoms with Gasteiger partial charge in [0.2, 0.25) is 6.29 Å². The molecular weight excluding hydrogens is 421 g/mol. The van der Waals surface area contributed by atoms with E-state index in [2.05, 4.69) is 9.47 Å². The summed E-state index contributed by atoms with van der Waals surface area (Å²) in [5.74, 6) is -1.89. The fourth-order valence-electron chi connectivity index (χ4n) is 1.53. The van der Waals surface area contributed by atoms with E-state index in [4.69, 9.17) is 9.47 Å². The zero-order chi connectivity index (χ0) is 25.0. The summed E-state index contributed by atoms with van der Waals surface area (Å²) in [4.78, 5) is 33.8. The van der Waals surface area contributed by atoms with Crippen LogP contribution in [0.3, 0.4) is 0 Å². The number of hydrogen-bond donors (Lipinski definition) is 0. The van der Waals surface area contributed by atoms with Gasteiger partial charge in [-0.15, -0.1) is 0 Å². The van der Waals surface area contributed by atoms with Gasteiger partial charge in [0, 0.05) is 13.0 Å². The van der Waals surface area contributed by atoms with E-state index in [-0.39, 0.29) is 11.9 Å². The first kappa shape index (κ1) is 31.3. The van der Waals surface area contributed by atoms with Crippen LogP contribution in [0, 0.1) is 16.7 Å². The van der Waals surface area contributed by atoms with Crippen molar-refractivity contribution in [3.8, 4) is 0 Å². The zero-order valence-electron chi connectivity index (χ0n) is 20.0. The summed E-state index contributed by atoms with van der Waals surface area (Å²) in [7, 11) is 1.55. The average molecular weight is 459 g/mol. The molecule has 0 saturated carbocycles. The number of carbonyl (C=O) groups is 3. The first-order valence-electron chi connectivity index (χ1n) is 10.1. The van der Waals surface area contributed by atoms with Gasteiger partial charge < -0.3 is 18.9 Å². The molecule has 0 aliphatic carbocycles. The molecule has 0 rings (SSSR count). The smallest absolute Gasteiger partial charge is 0.422 e. The number of alkyl halides is 3. The number of halogens is 3. The van der Waals surface area contributed by atoms with Crippen LogP contribution in [0.4, 0.5) is 13.2 Å². The van der Waals surface area contributed by atoms with Gasteiger partial charge in [-0.2, -0.15) is 13.2 Å². The van der Waals surface area contributed by atoms with Crippen molar-refractivity contribution >= 4 is 17.9 Å². The second-order valence-corrected chi connectivity index (χ2v) is 8.58. The molecule has 1 atom stereocenters. The summed E-state index contributed by atoms with van der Waals surface area (Å²) in [6.07, 6.45) is -3.76. The molecule has 0 amide bonds. The molecule has 31 heavy (non-hydrogen) atoms. The van der Waals surface area contributed by atoms with Gasteiger partial charge in [0.1, 0.15) is 0 Å². The van der Waals surface area contributed by atoms with E-state index in [9.17, 15) is 27.6 Å². The Kier molecular flexibility index (Phi) is 13.7. The first-order valence-corrected chi connectivity index (χ1v) is 10.1. The summed E-state index contributed by atoms with van der Waals surface area (Å²) in [5.41, 5.74) is -1.20. The second-order valence-electron chi connectivity index (χ2n) is 8.58. The predicted octanol–water partition coefficient (Wildman–Crippen LogP) is 4.67. The molecule has 0 aliphatic rings. The zero-order valence-corrected chi connectivity index (χ0v) is 20.0. The van der Waals surface area contributed by atoms with Gasteiger partial charge in [-0.25, -0.2) is 4.79 Å². The van der Waals surface area contributed by atoms with E-state index in [1.807, 2.05) is 34.6 Å². The van der Waals surface area contributed by atoms with E-state index in [1.165, 1.54) is 0 Å². The van der Waals surface area contributed by atoms with Gasteiger partial charge in [0.15, 0.2) is 13.2 Å².